The van der Waals surface area contributed by atoms with Crippen molar-refractivity contribution in [2.24, 2.45) is 0 Å². The Labute approximate surface area is 148 Å². The van der Waals surface area contributed by atoms with E-state index in [1.54, 1.807) is 24.6 Å². The summed E-state index contributed by atoms with van der Waals surface area (Å²) in [5.74, 6) is 0. The van der Waals surface area contributed by atoms with E-state index >= 15 is 0 Å². The molecule has 0 unspecified atom stereocenters. The molecule has 0 saturated heterocycles. The number of methoxy groups -OCH3 is 1. The zero-order chi connectivity index (χ0) is 16.7. The fraction of sp³-hybridized carbons (Fsp3) is 0.167. The predicted molar refractivity (Wildman–Crippen MR) is 98.6 cm³/mol. The topological polar surface area (TPSA) is 47.9 Å². The number of halogens is 1. The molecule has 120 valence electrons. The van der Waals surface area contributed by atoms with Crippen molar-refractivity contribution in [1.29, 1.82) is 0 Å². The maximum absolute atomic E-state index is 6.27. The summed E-state index contributed by atoms with van der Waals surface area (Å²) in [5, 5.41) is 1.57. The van der Waals surface area contributed by atoms with Crippen LogP contribution in [0.25, 0.3) is 31.8 Å². The van der Waals surface area contributed by atoms with Gasteiger partial charge >= 0.3 is 0 Å². The normalized spacial score (nSPS) is 11.5. The van der Waals surface area contributed by atoms with E-state index in [1.807, 2.05) is 31.2 Å². The second kappa shape index (κ2) is 6.09. The molecule has 0 atom stereocenters. The molecular formula is C18H14ClN3OS. The molecule has 4 nitrogen and oxygen atoms in total. The Kier molecular flexibility index (Phi) is 3.92. The Morgan fingerprint density at radius 3 is 2.83 bits per heavy atom. The Morgan fingerprint density at radius 1 is 1.17 bits per heavy atom. The van der Waals surface area contributed by atoms with E-state index in [0.29, 0.717) is 11.6 Å². The lowest BCUT2D eigenvalue weighted by atomic mass is 10.1. The monoisotopic (exact) mass is 355 g/mol. The van der Waals surface area contributed by atoms with E-state index in [4.69, 9.17) is 21.3 Å². The van der Waals surface area contributed by atoms with Crippen molar-refractivity contribution in [3.8, 4) is 10.6 Å². The fourth-order valence-corrected chi connectivity index (χ4v) is 4.00. The number of nitrogens with zero attached hydrogens (tertiary/aromatic N) is 3. The number of aromatic nitrogens is 3. The average molecular weight is 356 g/mol. The summed E-state index contributed by atoms with van der Waals surface area (Å²) in [6.07, 6.45) is 1.75. The van der Waals surface area contributed by atoms with Crippen LogP contribution in [0.15, 0.2) is 36.5 Å². The number of rotatable bonds is 3. The summed E-state index contributed by atoms with van der Waals surface area (Å²) in [6, 6.07) is 9.96. The molecule has 0 amide bonds. The first kappa shape index (κ1) is 15.4. The summed E-state index contributed by atoms with van der Waals surface area (Å²) in [5.41, 5.74) is 5.44. The van der Waals surface area contributed by atoms with Gasteiger partial charge in [0.25, 0.3) is 0 Å². The Morgan fingerprint density at radius 2 is 2.04 bits per heavy atom. The van der Waals surface area contributed by atoms with Crippen LogP contribution in [0.4, 0.5) is 0 Å². The third-order valence-corrected chi connectivity index (χ3v) is 5.09. The number of benzene rings is 2. The molecule has 4 rings (SSSR count). The standard InChI is InChI=1S/C18H14ClN3OS/c1-10-6-12(16-14(7-10)21-11(8-20-16)9-23-2)18-22-17-13(19)4-3-5-15(17)24-18/h3-8H,9H2,1-2H3. The lowest BCUT2D eigenvalue weighted by Crippen LogP contribution is -1.96. The van der Waals surface area contributed by atoms with Crippen LogP contribution in [0.1, 0.15) is 11.3 Å². The van der Waals surface area contributed by atoms with Crippen molar-refractivity contribution in [3.05, 3.63) is 52.8 Å². The smallest absolute Gasteiger partial charge is 0.126 e. The second-order valence-corrected chi connectivity index (χ2v) is 7.02. The summed E-state index contributed by atoms with van der Waals surface area (Å²) in [4.78, 5) is 14.0. The molecule has 0 bridgehead atoms. The van der Waals surface area contributed by atoms with Gasteiger partial charge in [-0.3, -0.25) is 4.98 Å². The van der Waals surface area contributed by atoms with Crippen LogP contribution >= 0.6 is 22.9 Å². The number of hydrogen-bond acceptors (Lipinski definition) is 5. The lowest BCUT2D eigenvalue weighted by Gasteiger charge is -2.06. The molecule has 24 heavy (non-hydrogen) atoms. The van der Waals surface area contributed by atoms with E-state index in [2.05, 4.69) is 16.0 Å². The van der Waals surface area contributed by atoms with Crippen molar-refractivity contribution in [2.75, 3.05) is 7.11 Å². The molecule has 4 aromatic rings. The molecule has 0 fully saturated rings. The number of fused-ring (bicyclic) bond motifs is 2. The summed E-state index contributed by atoms with van der Waals surface area (Å²) in [6.45, 7) is 2.50. The number of ether oxygens (including phenoxy) is 1. The van der Waals surface area contributed by atoms with Gasteiger partial charge in [0.05, 0.1) is 39.3 Å². The molecule has 0 spiro atoms. The maximum atomic E-state index is 6.27. The van der Waals surface area contributed by atoms with E-state index in [0.717, 1.165) is 43.1 Å². The van der Waals surface area contributed by atoms with Crippen LogP contribution in [0.2, 0.25) is 5.02 Å². The summed E-state index contributed by atoms with van der Waals surface area (Å²) < 4.78 is 6.21. The summed E-state index contributed by atoms with van der Waals surface area (Å²) in [7, 11) is 1.65. The average Bonchev–Trinajstić information content (AvgIpc) is 2.99. The Balaban J connectivity index is 1.95. The number of hydrogen-bond donors (Lipinski definition) is 0. The van der Waals surface area contributed by atoms with Gasteiger partial charge in [-0.1, -0.05) is 17.7 Å². The molecule has 2 aromatic carbocycles. The van der Waals surface area contributed by atoms with E-state index in [9.17, 15) is 0 Å². The van der Waals surface area contributed by atoms with Crippen molar-refractivity contribution >= 4 is 44.2 Å². The molecule has 0 aliphatic heterocycles. The highest BCUT2D eigenvalue weighted by Gasteiger charge is 2.14. The maximum Gasteiger partial charge on any atom is 0.126 e. The van der Waals surface area contributed by atoms with Gasteiger partial charge in [0.15, 0.2) is 0 Å². The number of thiazole rings is 1. The van der Waals surface area contributed by atoms with Crippen LogP contribution in [0.5, 0.6) is 0 Å². The molecule has 0 aliphatic rings. The molecule has 0 saturated carbocycles. The largest absolute Gasteiger partial charge is 0.378 e. The zero-order valence-electron chi connectivity index (χ0n) is 13.2. The molecular weight excluding hydrogens is 342 g/mol. The molecule has 6 heteroatoms. The third-order valence-electron chi connectivity index (χ3n) is 3.73. The molecule has 0 N–H and O–H groups in total. The van der Waals surface area contributed by atoms with Crippen molar-refractivity contribution < 1.29 is 4.74 Å². The molecule has 2 aromatic heterocycles. The molecule has 0 aliphatic carbocycles. The second-order valence-electron chi connectivity index (χ2n) is 5.58. The van der Waals surface area contributed by atoms with Crippen molar-refractivity contribution in [1.82, 2.24) is 15.0 Å². The highest BCUT2D eigenvalue weighted by atomic mass is 35.5. The van der Waals surface area contributed by atoms with Gasteiger partial charge in [0.2, 0.25) is 0 Å². The van der Waals surface area contributed by atoms with Crippen LogP contribution in [0.3, 0.4) is 0 Å². The van der Waals surface area contributed by atoms with Crippen LogP contribution in [-0.4, -0.2) is 22.1 Å². The minimum absolute atomic E-state index is 0.447. The predicted octanol–water partition coefficient (Wildman–Crippen LogP) is 5.01. The highest BCUT2D eigenvalue weighted by molar-refractivity contribution is 7.21. The quantitative estimate of drug-likeness (QED) is 0.518. The van der Waals surface area contributed by atoms with E-state index in [1.165, 1.54) is 0 Å². The summed E-state index contributed by atoms with van der Waals surface area (Å²) >= 11 is 7.88. The molecule has 0 radical (unpaired) electrons. The van der Waals surface area contributed by atoms with Gasteiger partial charge < -0.3 is 4.74 Å². The molecule has 2 heterocycles. The van der Waals surface area contributed by atoms with Gasteiger partial charge in [-0.25, -0.2) is 9.97 Å². The first-order valence-electron chi connectivity index (χ1n) is 7.46. The number of para-hydroxylation sites is 1. The first-order valence-corrected chi connectivity index (χ1v) is 8.66. The van der Waals surface area contributed by atoms with Gasteiger partial charge in [0, 0.05) is 12.7 Å². The minimum atomic E-state index is 0.447. The van der Waals surface area contributed by atoms with Gasteiger partial charge in [-0.15, -0.1) is 11.3 Å². The Bertz CT molecular complexity index is 1060. The van der Waals surface area contributed by atoms with Gasteiger partial charge in [0.1, 0.15) is 10.5 Å². The fourth-order valence-electron chi connectivity index (χ4n) is 2.71. The van der Waals surface area contributed by atoms with Crippen molar-refractivity contribution in [2.45, 2.75) is 13.5 Å². The first-order chi connectivity index (χ1) is 11.7. The zero-order valence-corrected chi connectivity index (χ0v) is 14.8. The minimum Gasteiger partial charge on any atom is -0.378 e. The Hall–Kier alpha value is -2.08. The third kappa shape index (κ3) is 2.65. The SMILES string of the molecule is COCc1cnc2c(-c3nc4c(Cl)cccc4s3)cc(C)cc2n1. The lowest BCUT2D eigenvalue weighted by molar-refractivity contribution is 0.181. The van der Waals surface area contributed by atoms with E-state index in [-0.39, 0.29) is 0 Å². The van der Waals surface area contributed by atoms with Gasteiger partial charge in [-0.2, -0.15) is 0 Å². The highest BCUT2D eigenvalue weighted by Crippen LogP contribution is 2.36. The van der Waals surface area contributed by atoms with Crippen LogP contribution in [-0.2, 0) is 11.3 Å². The van der Waals surface area contributed by atoms with Crippen LogP contribution < -0.4 is 0 Å². The van der Waals surface area contributed by atoms with Crippen molar-refractivity contribution in [3.63, 3.8) is 0 Å². The van der Waals surface area contributed by atoms with Crippen LogP contribution in [0, 0.1) is 6.92 Å². The van der Waals surface area contributed by atoms with Gasteiger partial charge in [-0.05, 0) is 36.8 Å². The van der Waals surface area contributed by atoms with E-state index < -0.39 is 0 Å². The number of aryl methyl sites for hydroxylation is 1.